The van der Waals surface area contributed by atoms with Gasteiger partial charge in [0.1, 0.15) is 0 Å². The number of halogens is 4. The maximum atomic E-state index is 12.6. The molecule has 2 aromatic rings. The fourth-order valence-electron chi connectivity index (χ4n) is 2.53. The summed E-state index contributed by atoms with van der Waals surface area (Å²) >= 11 is 0. The van der Waals surface area contributed by atoms with Crippen LogP contribution in [-0.2, 0) is 19.1 Å². The number of aliphatic imine (C=N–C) groups is 1. The predicted molar refractivity (Wildman–Crippen MR) is 118 cm³/mol. The zero-order chi connectivity index (χ0) is 20.6. The first-order valence-corrected chi connectivity index (χ1v) is 8.87. The van der Waals surface area contributed by atoms with E-state index < -0.39 is 11.7 Å². The summed E-state index contributed by atoms with van der Waals surface area (Å²) in [5.41, 5.74) is 0.969. The minimum absolute atomic E-state index is 0. The highest BCUT2D eigenvalue weighted by molar-refractivity contribution is 14.0. The van der Waals surface area contributed by atoms with Crippen molar-refractivity contribution < 1.29 is 23.0 Å². The van der Waals surface area contributed by atoms with Crippen LogP contribution in [0.5, 0.6) is 11.5 Å². The summed E-state index contributed by atoms with van der Waals surface area (Å²) in [7, 11) is 1.48. The van der Waals surface area contributed by atoms with Gasteiger partial charge in [-0.05, 0) is 48.7 Å². The first kappa shape index (κ1) is 24.9. The zero-order valence-electron chi connectivity index (χ0n) is 16.2. The number of hydrogen-bond acceptors (Lipinski definition) is 3. The fraction of sp³-hybridized carbons (Fsp3) is 0.350. The third kappa shape index (κ3) is 8.00. The summed E-state index contributed by atoms with van der Waals surface area (Å²) in [4.78, 5) is 4.45. The molecular weight excluding hydrogens is 498 g/mol. The molecule has 0 saturated heterocycles. The molecule has 0 aliphatic carbocycles. The fourth-order valence-corrected chi connectivity index (χ4v) is 2.53. The summed E-state index contributed by atoms with van der Waals surface area (Å²) in [5, 5.41) is 16.1. The van der Waals surface area contributed by atoms with Crippen LogP contribution >= 0.6 is 24.0 Å². The van der Waals surface area contributed by atoms with E-state index in [-0.39, 0.29) is 29.7 Å². The van der Waals surface area contributed by atoms with Gasteiger partial charge in [0.2, 0.25) is 0 Å². The lowest BCUT2D eigenvalue weighted by molar-refractivity contribution is -0.137. The van der Waals surface area contributed by atoms with Crippen LogP contribution in [0.2, 0.25) is 0 Å². The SMILES string of the molecule is CCNC(=NCc1ccc(OC)c(O)c1)NCCc1ccc(C(F)(F)F)cc1.I. The monoisotopic (exact) mass is 523 g/mol. The van der Waals surface area contributed by atoms with Gasteiger partial charge >= 0.3 is 6.18 Å². The van der Waals surface area contributed by atoms with Crippen LogP contribution in [0.3, 0.4) is 0 Å². The van der Waals surface area contributed by atoms with E-state index in [0.29, 0.717) is 37.8 Å². The van der Waals surface area contributed by atoms with E-state index in [2.05, 4.69) is 15.6 Å². The number of aromatic hydroxyl groups is 1. The van der Waals surface area contributed by atoms with E-state index in [4.69, 9.17) is 4.74 Å². The summed E-state index contributed by atoms with van der Waals surface area (Å²) < 4.78 is 42.8. The Morgan fingerprint density at radius 2 is 1.72 bits per heavy atom. The molecule has 9 heteroatoms. The van der Waals surface area contributed by atoms with Crippen molar-refractivity contribution in [3.05, 3.63) is 59.2 Å². The average molecular weight is 523 g/mol. The average Bonchev–Trinajstić information content (AvgIpc) is 2.66. The number of rotatable bonds is 7. The van der Waals surface area contributed by atoms with Crippen LogP contribution < -0.4 is 15.4 Å². The Labute approximate surface area is 185 Å². The normalized spacial score (nSPS) is 11.6. The van der Waals surface area contributed by atoms with Gasteiger partial charge in [0.15, 0.2) is 17.5 Å². The largest absolute Gasteiger partial charge is 0.504 e. The van der Waals surface area contributed by atoms with Crippen LogP contribution in [0.1, 0.15) is 23.6 Å². The number of benzene rings is 2. The van der Waals surface area contributed by atoms with Crippen molar-refractivity contribution in [2.24, 2.45) is 4.99 Å². The molecule has 0 bridgehead atoms. The van der Waals surface area contributed by atoms with Gasteiger partial charge in [-0.3, -0.25) is 0 Å². The summed E-state index contributed by atoms with van der Waals surface area (Å²) in [6.07, 6.45) is -3.76. The number of phenolic OH excluding ortho intramolecular Hbond substituents is 1. The molecule has 2 rings (SSSR count). The Morgan fingerprint density at radius 3 is 2.28 bits per heavy atom. The van der Waals surface area contributed by atoms with Crippen molar-refractivity contribution in [2.75, 3.05) is 20.2 Å². The standard InChI is InChI=1S/C20H24F3N3O2.HI/c1-3-24-19(26-13-15-6-9-18(28-2)17(27)12-15)25-11-10-14-4-7-16(8-5-14)20(21,22)23;/h4-9,12,27H,3,10-11,13H2,1-2H3,(H2,24,25,26);1H. The van der Waals surface area contributed by atoms with Gasteiger partial charge in [0.05, 0.1) is 19.2 Å². The van der Waals surface area contributed by atoms with Crippen LogP contribution in [0.25, 0.3) is 0 Å². The van der Waals surface area contributed by atoms with E-state index in [1.165, 1.54) is 19.2 Å². The molecule has 0 aliphatic rings. The van der Waals surface area contributed by atoms with Gasteiger partial charge in [-0.1, -0.05) is 18.2 Å². The number of ether oxygens (including phenoxy) is 1. The lowest BCUT2D eigenvalue weighted by Gasteiger charge is -2.12. The van der Waals surface area contributed by atoms with E-state index in [1.807, 2.05) is 13.0 Å². The van der Waals surface area contributed by atoms with Gasteiger partial charge in [0.25, 0.3) is 0 Å². The first-order chi connectivity index (χ1) is 13.3. The van der Waals surface area contributed by atoms with Gasteiger partial charge in [0, 0.05) is 13.1 Å². The van der Waals surface area contributed by atoms with Gasteiger partial charge in [-0.15, -0.1) is 24.0 Å². The van der Waals surface area contributed by atoms with Crippen LogP contribution in [-0.4, -0.2) is 31.3 Å². The number of hydrogen-bond donors (Lipinski definition) is 3. The van der Waals surface area contributed by atoms with E-state index in [1.54, 1.807) is 12.1 Å². The molecule has 0 aliphatic heterocycles. The molecule has 0 unspecified atom stereocenters. The molecule has 2 aromatic carbocycles. The highest BCUT2D eigenvalue weighted by atomic mass is 127. The minimum Gasteiger partial charge on any atom is -0.504 e. The van der Waals surface area contributed by atoms with Crippen molar-refractivity contribution in [1.29, 1.82) is 0 Å². The molecule has 0 heterocycles. The lowest BCUT2D eigenvalue weighted by atomic mass is 10.1. The molecular formula is C20H25F3IN3O2. The molecule has 5 nitrogen and oxygen atoms in total. The zero-order valence-corrected chi connectivity index (χ0v) is 18.5. The van der Waals surface area contributed by atoms with E-state index in [9.17, 15) is 18.3 Å². The third-order valence-corrected chi connectivity index (χ3v) is 3.99. The quantitative estimate of drug-likeness (QED) is 0.287. The van der Waals surface area contributed by atoms with Crippen LogP contribution in [0.15, 0.2) is 47.5 Å². The first-order valence-electron chi connectivity index (χ1n) is 8.87. The van der Waals surface area contributed by atoms with E-state index in [0.717, 1.165) is 23.3 Å². The van der Waals surface area contributed by atoms with Crippen molar-refractivity contribution in [3.8, 4) is 11.5 Å². The molecule has 0 spiro atoms. The van der Waals surface area contributed by atoms with Gasteiger partial charge < -0.3 is 20.5 Å². The molecule has 29 heavy (non-hydrogen) atoms. The van der Waals surface area contributed by atoms with Crippen molar-refractivity contribution >= 4 is 29.9 Å². The summed E-state index contributed by atoms with van der Waals surface area (Å²) in [6.45, 7) is 3.48. The molecule has 0 atom stereocenters. The van der Waals surface area contributed by atoms with Crippen LogP contribution in [0, 0.1) is 0 Å². The number of nitrogens with one attached hydrogen (secondary N) is 2. The molecule has 0 aromatic heterocycles. The Hall–Kier alpha value is -2.17. The smallest absolute Gasteiger partial charge is 0.416 e. The lowest BCUT2D eigenvalue weighted by Crippen LogP contribution is -2.38. The van der Waals surface area contributed by atoms with E-state index >= 15 is 0 Å². The number of methoxy groups -OCH3 is 1. The second kappa shape index (κ2) is 11.7. The van der Waals surface area contributed by atoms with Crippen molar-refractivity contribution in [3.63, 3.8) is 0 Å². The predicted octanol–water partition coefficient (Wildman–Crippen LogP) is 4.34. The number of guanidine groups is 1. The highest BCUT2D eigenvalue weighted by Crippen LogP contribution is 2.29. The molecule has 160 valence electrons. The Morgan fingerprint density at radius 1 is 1.07 bits per heavy atom. The molecule has 0 saturated carbocycles. The third-order valence-electron chi connectivity index (χ3n) is 3.99. The maximum Gasteiger partial charge on any atom is 0.416 e. The molecule has 3 N–H and O–H groups in total. The molecule has 0 fully saturated rings. The number of nitrogens with zero attached hydrogens (tertiary/aromatic N) is 1. The summed E-state index contributed by atoms with van der Waals surface area (Å²) in [6, 6.07) is 10.2. The van der Waals surface area contributed by atoms with Gasteiger partial charge in [-0.2, -0.15) is 13.2 Å². The molecule has 0 amide bonds. The Kier molecular flexibility index (Phi) is 10.1. The van der Waals surface area contributed by atoms with Crippen molar-refractivity contribution in [1.82, 2.24) is 10.6 Å². The topological polar surface area (TPSA) is 65.9 Å². The van der Waals surface area contributed by atoms with Crippen LogP contribution in [0.4, 0.5) is 13.2 Å². The molecule has 0 radical (unpaired) electrons. The summed E-state index contributed by atoms with van der Waals surface area (Å²) in [5.74, 6) is 1.04. The maximum absolute atomic E-state index is 12.6. The second-order valence-corrected chi connectivity index (χ2v) is 6.07. The van der Waals surface area contributed by atoms with Crippen molar-refractivity contribution in [2.45, 2.75) is 26.1 Å². The second-order valence-electron chi connectivity index (χ2n) is 6.07. The Balaban J connectivity index is 0.00000420. The van der Waals surface area contributed by atoms with Gasteiger partial charge in [-0.25, -0.2) is 4.99 Å². The highest BCUT2D eigenvalue weighted by Gasteiger charge is 2.29. The number of phenols is 1. The Bertz CT molecular complexity index is 797. The minimum atomic E-state index is -4.32. The number of alkyl halides is 3.